The van der Waals surface area contributed by atoms with Crippen LogP contribution in [0.5, 0.6) is 5.75 Å². The summed E-state index contributed by atoms with van der Waals surface area (Å²) >= 11 is 12.3. The van der Waals surface area contributed by atoms with Crippen LogP contribution >= 0.6 is 23.2 Å². The van der Waals surface area contributed by atoms with Gasteiger partial charge in [0.05, 0.1) is 10.0 Å². The normalized spacial score (nSPS) is 11.0. The number of rotatable bonds is 5. The Morgan fingerprint density at radius 3 is 2.60 bits per heavy atom. The molecule has 0 atom stereocenters. The molecular weight excluding hydrogens is 366 g/mol. The van der Waals surface area contributed by atoms with E-state index >= 15 is 0 Å². The number of hydrogen-bond acceptors (Lipinski definition) is 3. The Morgan fingerprint density at radius 2 is 1.88 bits per heavy atom. The molecule has 0 aliphatic carbocycles. The van der Waals surface area contributed by atoms with Crippen LogP contribution in [-0.4, -0.2) is 0 Å². The zero-order valence-corrected chi connectivity index (χ0v) is 15.0. The maximum atomic E-state index is 13.1. The van der Waals surface area contributed by atoms with Crippen molar-refractivity contribution in [3.8, 4) is 5.75 Å². The maximum Gasteiger partial charge on any atom is 0.336 e. The Labute approximate surface area is 153 Å². The van der Waals surface area contributed by atoms with Gasteiger partial charge < -0.3 is 9.15 Å². The van der Waals surface area contributed by atoms with Crippen LogP contribution in [0.15, 0.2) is 45.6 Å². The zero-order valence-electron chi connectivity index (χ0n) is 13.4. The molecule has 1 aromatic heterocycles. The van der Waals surface area contributed by atoms with E-state index in [0.717, 1.165) is 23.8 Å². The summed E-state index contributed by atoms with van der Waals surface area (Å²) < 4.78 is 24.1. The average Bonchev–Trinajstić information content (AvgIpc) is 2.55. The van der Waals surface area contributed by atoms with Gasteiger partial charge in [-0.15, -0.1) is 0 Å². The summed E-state index contributed by atoms with van der Waals surface area (Å²) in [5.74, 6) is -0.0472. The summed E-state index contributed by atoms with van der Waals surface area (Å²) in [5, 5.41) is 1.46. The van der Waals surface area contributed by atoms with Crippen molar-refractivity contribution in [2.45, 2.75) is 26.4 Å². The van der Waals surface area contributed by atoms with E-state index in [2.05, 4.69) is 0 Å². The number of halogens is 3. The lowest BCUT2D eigenvalue weighted by molar-refractivity contribution is 0.306. The molecule has 130 valence electrons. The van der Waals surface area contributed by atoms with Crippen LogP contribution in [0.1, 0.15) is 24.5 Å². The molecule has 6 heteroatoms. The van der Waals surface area contributed by atoms with E-state index in [4.69, 9.17) is 32.4 Å². The summed E-state index contributed by atoms with van der Waals surface area (Å²) in [7, 11) is 0. The molecule has 0 saturated heterocycles. The molecule has 3 nitrogen and oxygen atoms in total. The predicted octanol–water partition coefficient (Wildman–Crippen LogP) is 5.77. The fraction of sp³-hybridized carbons (Fsp3) is 0.211. The lowest BCUT2D eigenvalue weighted by atomic mass is 10.1. The number of benzene rings is 2. The van der Waals surface area contributed by atoms with Crippen LogP contribution in [0.3, 0.4) is 0 Å². The molecule has 0 N–H and O–H groups in total. The molecule has 0 spiro atoms. The first-order valence-electron chi connectivity index (χ1n) is 7.81. The van der Waals surface area contributed by atoms with E-state index in [1.54, 1.807) is 18.2 Å². The molecule has 0 amide bonds. The van der Waals surface area contributed by atoms with E-state index in [-0.39, 0.29) is 11.6 Å². The minimum Gasteiger partial charge on any atom is -0.487 e. The first kappa shape index (κ1) is 17.8. The van der Waals surface area contributed by atoms with Gasteiger partial charge in [-0.2, -0.15) is 0 Å². The van der Waals surface area contributed by atoms with Gasteiger partial charge >= 0.3 is 5.63 Å². The second kappa shape index (κ2) is 7.46. The van der Waals surface area contributed by atoms with Crippen molar-refractivity contribution in [3.05, 3.63) is 73.8 Å². The van der Waals surface area contributed by atoms with Gasteiger partial charge in [0.25, 0.3) is 0 Å². The lowest BCUT2D eigenvalue weighted by Crippen LogP contribution is -2.02. The fourth-order valence-corrected chi connectivity index (χ4v) is 3.05. The molecule has 0 bridgehead atoms. The molecule has 0 aliphatic rings. The highest BCUT2D eigenvalue weighted by molar-refractivity contribution is 6.33. The van der Waals surface area contributed by atoms with E-state index in [1.165, 1.54) is 18.2 Å². The third-order valence-electron chi connectivity index (χ3n) is 3.80. The van der Waals surface area contributed by atoms with Gasteiger partial charge in [-0.05, 0) is 30.2 Å². The quantitative estimate of drug-likeness (QED) is 0.527. The largest absolute Gasteiger partial charge is 0.487 e. The molecule has 0 fully saturated rings. The van der Waals surface area contributed by atoms with Gasteiger partial charge in [0.1, 0.15) is 23.8 Å². The number of aryl methyl sites for hydroxylation is 1. The summed E-state index contributed by atoms with van der Waals surface area (Å²) in [6.07, 6.45) is 1.65. The molecule has 0 unspecified atom stereocenters. The topological polar surface area (TPSA) is 39.4 Å². The second-order valence-corrected chi connectivity index (χ2v) is 6.46. The second-order valence-electron chi connectivity index (χ2n) is 5.64. The molecule has 25 heavy (non-hydrogen) atoms. The van der Waals surface area contributed by atoms with E-state index in [9.17, 15) is 9.18 Å². The van der Waals surface area contributed by atoms with E-state index in [0.29, 0.717) is 21.9 Å². The van der Waals surface area contributed by atoms with Gasteiger partial charge in [0.2, 0.25) is 0 Å². The van der Waals surface area contributed by atoms with Crippen molar-refractivity contribution in [2.75, 3.05) is 0 Å². The third-order valence-corrected chi connectivity index (χ3v) is 4.45. The summed E-state index contributed by atoms with van der Waals surface area (Å²) in [5.41, 5.74) is 1.52. The van der Waals surface area contributed by atoms with E-state index < -0.39 is 11.4 Å². The Balaban J connectivity index is 1.94. The molecule has 1 heterocycles. The molecule has 3 rings (SSSR count). The highest BCUT2D eigenvalue weighted by Gasteiger charge is 2.12. The van der Waals surface area contributed by atoms with Gasteiger partial charge in [0, 0.05) is 23.1 Å². The highest BCUT2D eigenvalue weighted by atomic mass is 35.5. The van der Waals surface area contributed by atoms with Crippen LogP contribution in [0, 0.1) is 5.82 Å². The standard InChI is InChI=1S/C19H15Cl2FO3/c1-2-3-11-6-19(23)25-17-9-18(16(21)8-14(11)17)24-10-12-4-5-13(22)7-15(12)20/h4-9H,2-3,10H2,1H3. The van der Waals surface area contributed by atoms with Gasteiger partial charge in [-0.3, -0.25) is 0 Å². The third kappa shape index (κ3) is 3.97. The minimum atomic E-state index is -0.414. The van der Waals surface area contributed by atoms with Gasteiger partial charge in [-0.25, -0.2) is 9.18 Å². The highest BCUT2D eigenvalue weighted by Crippen LogP contribution is 2.32. The number of ether oxygens (including phenoxy) is 1. The number of hydrogen-bond donors (Lipinski definition) is 0. The van der Waals surface area contributed by atoms with Crippen LogP contribution in [-0.2, 0) is 13.0 Å². The molecule has 0 radical (unpaired) electrons. The van der Waals surface area contributed by atoms with E-state index in [1.807, 2.05) is 6.92 Å². The minimum absolute atomic E-state index is 0.114. The molecule has 2 aromatic carbocycles. The Bertz CT molecular complexity index is 982. The molecule has 3 aromatic rings. The molecule has 0 saturated carbocycles. The van der Waals surface area contributed by atoms with Crippen molar-refractivity contribution in [2.24, 2.45) is 0 Å². The lowest BCUT2D eigenvalue weighted by Gasteiger charge is -2.11. The maximum absolute atomic E-state index is 13.1. The predicted molar refractivity (Wildman–Crippen MR) is 97.2 cm³/mol. The Kier molecular flexibility index (Phi) is 5.30. The molecular formula is C19H15Cl2FO3. The Hall–Kier alpha value is -2.04. The van der Waals surface area contributed by atoms with Crippen molar-refractivity contribution in [1.29, 1.82) is 0 Å². The van der Waals surface area contributed by atoms with Crippen molar-refractivity contribution in [1.82, 2.24) is 0 Å². The van der Waals surface area contributed by atoms with Crippen LogP contribution in [0.2, 0.25) is 10.0 Å². The van der Waals surface area contributed by atoms with Crippen LogP contribution in [0.4, 0.5) is 4.39 Å². The zero-order chi connectivity index (χ0) is 18.0. The monoisotopic (exact) mass is 380 g/mol. The van der Waals surface area contributed by atoms with Crippen molar-refractivity contribution < 1.29 is 13.5 Å². The first-order valence-corrected chi connectivity index (χ1v) is 8.56. The van der Waals surface area contributed by atoms with Crippen LogP contribution in [0.25, 0.3) is 11.0 Å². The summed E-state index contributed by atoms with van der Waals surface area (Å²) in [6, 6.07) is 8.89. The fourth-order valence-electron chi connectivity index (χ4n) is 2.61. The average molecular weight is 381 g/mol. The first-order chi connectivity index (χ1) is 12.0. The van der Waals surface area contributed by atoms with Gasteiger partial charge in [-0.1, -0.05) is 42.6 Å². The van der Waals surface area contributed by atoms with Crippen LogP contribution < -0.4 is 10.4 Å². The SMILES string of the molecule is CCCc1cc(=O)oc2cc(OCc3ccc(F)cc3Cl)c(Cl)cc12. The Morgan fingerprint density at radius 1 is 1.08 bits per heavy atom. The summed E-state index contributed by atoms with van der Waals surface area (Å²) in [6.45, 7) is 2.15. The van der Waals surface area contributed by atoms with Crippen molar-refractivity contribution >= 4 is 34.2 Å². The van der Waals surface area contributed by atoms with Crippen molar-refractivity contribution in [3.63, 3.8) is 0 Å². The number of fused-ring (bicyclic) bond motifs is 1. The smallest absolute Gasteiger partial charge is 0.336 e. The van der Waals surface area contributed by atoms with Gasteiger partial charge in [0.15, 0.2) is 0 Å². The molecule has 0 aliphatic heterocycles. The summed E-state index contributed by atoms with van der Waals surface area (Å²) in [4.78, 5) is 11.7.